The number of rotatable bonds is 1. The van der Waals surface area contributed by atoms with Gasteiger partial charge >= 0.3 is 6.16 Å². The van der Waals surface area contributed by atoms with E-state index in [1.165, 1.54) is 0 Å². The summed E-state index contributed by atoms with van der Waals surface area (Å²) in [4.78, 5) is 10.2. The minimum Gasteiger partial charge on any atom is -0.450 e. The van der Waals surface area contributed by atoms with Crippen LogP contribution in [0.15, 0.2) is 12.2 Å². The molecule has 0 saturated heterocycles. The molecule has 0 aromatic carbocycles. The molecular formula is C9H14O3. The summed E-state index contributed by atoms with van der Waals surface area (Å²) in [5.41, 5.74) is 0. The first kappa shape index (κ1) is 9.10. The SMILES string of the molecule is O=C(O)OC1CC/C=C/CCC1. The van der Waals surface area contributed by atoms with Gasteiger partial charge in [-0.25, -0.2) is 4.79 Å². The fourth-order valence-corrected chi connectivity index (χ4v) is 1.39. The lowest BCUT2D eigenvalue weighted by molar-refractivity contribution is 0.0438. The van der Waals surface area contributed by atoms with Gasteiger partial charge in [0.25, 0.3) is 0 Å². The van der Waals surface area contributed by atoms with Crippen molar-refractivity contribution < 1.29 is 14.6 Å². The first-order chi connectivity index (χ1) is 5.79. The summed E-state index contributed by atoms with van der Waals surface area (Å²) in [5.74, 6) is 0. The summed E-state index contributed by atoms with van der Waals surface area (Å²) < 4.78 is 4.71. The highest BCUT2D eigenvalue weighted by Gasteiger charge is 2.12. The molecule has 0 bridgehead atoms. The van der Waals surface area contributed by atoms with E-state index < -0.39 is 6.16 Å². The second-order valence-electron chi connectivity index (χ2n) is 2.99. The molecule has 1 unspecified atom stereocenters. The largest absolute Gasteiger partial charge is 0.506 e. The molecule has 1 atom stereocenters. The Morgan fingerprint density at radius 1 is 1.33 bits per heavy atom. The maximum absolute atomic E-state index is 10.2. The van der Waals surface area contributed by atoms with E-state index in [1.807, 2.05) is 0 Å². The Balaban J connectivity index is 2.32. The molecule has 0 amide bonds. The van der Waals surface area contributed by atoms with Crippen LogP contribution < -0.4 is 0 Å². The second kappa shape index (κ2) is 4.80. The number of ether oxygens (including phenoxy) is 1. The molecule has 0 spiro atoms. The van der Waals surface area contributed by atoms with Crippen molar-refractivity contribution in [3.63, 3.8) is 0 Å². The molecule has 3 nitrogen and oxygen atoms in total. The number of allylic oxidation sites excluding steroid dienone is 2. The van der Waals surface area contributed by atoms with E-state index >= 15 is 0 Å². The zero-order valence-electron chi connectivity index (χ0n) is 7.03. The van der Waals surface area contributed by atoms with Gasteiger partial charge in [0.2, 0.25) is 0 Å². The van der Waals surface area contributed by atoms with E-state index in [2.05, 4.69) is 12.2 Å². The molecule has 12 heavy (non-hydrogen) atoms. The van der Waals surface area contributed by atoms with Crippen molar-refractivity contribution in [2.75, 3.05) is 0 Å². The minimum absolute atomic E-state index is 0.0903. The predicted octanol–water partition coefficient (Wildman–Crippen LogP) is 2.57. The van der Waals surface area contributed by atoms with Crippen molar-refractivity contribution in [1.29, 1.82) is 0 Å². The van der Waals surface area contributed by atoms with Gasteiger partial charge in [0.1, 0.15) is 6.10 Å². The third-order valence-corrected chi connectivity index (χ3v) is 1.99. The van der Waals surface area contributed by atoms with Crippen molar-refractivity contribution in [3.05, 3.63) is 12.2 Å². The highest BCUT2D eigenvalue weighted by molar-refractivity contribution is 5.57. The summed E-state index contributed by atoms with van der Waals surface area (Å²) >= 11 is 0. The lowest BCUT2D eigenvalue weighted by atomic mass is 10.0. The van der Waals surface area contributed by atoms with E-state index in [0.29, 0.717) is 0 Å². The van der Waals surface area contributed by atoms with Gasteiger partial charge in [0.15, 0.2) is 0 Å². The molecule has 3 heteroatoms. The Morgan fingerprint density at radius 2 is 2.08 bits per heavy atom. The first-order valence-electron chi connectivity index (χ1n) is 4.33. The molecule has 0 heterocycles. The van der Waals surface area contributed by atoms with E-state index in [4.69, 9.17) is 9.84 Å². The highest BCUT2D eigenvalue weighted by Crippen LogP contribution is 2.15. The molecule has 1 N–H and O–H groups in total. The van der Waals surface area contributed by atoms with Gasteiger partial charge in [0, 0.05) is 0 Å². The summed E-state index contributed by atoms with van der Waals surface area (Å²) in [5, 5.41) is 8.39. The molecule has 0 radical (unpaired) electrons. The molecule has 1 rings (SSSR count). The van der Waals surface area contributed by atoms with Gasteiger partial charge in [-0.1, -0.05) is 12.2 Å². The minimum atomic E-state index is -1.15. The number of hydrogen-bond acceptors (Lipinski definition) is 2. The van der Waals surface area contributed by atoms with Crippen LogP contribution in [0.3, 0.4) is 0 Å². The molecule has 1 aliphatic carbocycles. The lowest BCUT2D eigenvalue weighted by Crippen LogP contribution is -2.17. The standard InChI is InChI=1S/C9H14O3/c10-9(11)12-8-6-4-2-1-3-5-7-8/h1-2,8H,3-7H2,(H,10,11)/b2-1+. The van der Waals surface area contributed by atoms with E-state index in [0.717, 1.165) is 32.1 Å². The summed E-state index contributed by atoms with van der Waals surface area (Å²) in [6, 6.07) is 0. The Morgan fingerprint density at radius 3 is 2.83 bits per heavy atom. The van der Waals surface area contributed by atoms with Crippen LogP contribution >= 0.6 is 0 Å². The normalized spacial score (nSPS) is 26.8. The van der Waals surface area contributed by atoms with Crippen molar-refractivity contribution in [3.8, 4) is 0 Å². The molecule has 1 aliphatic rings. The van der Waals surface area contributed by atoms with Crippen molar-refractivity contribution in [1.82, 2.24) is 0 Å². The van der Waals surface area contributed by atoms with Crippen LogP contribution in [0.2, 0.25) is 0 Å². The quantitative estimate of drug-likeness (QED) is 0.486. The fraction of sp³-hybridized carbons (Fsp3) is 0.667. The predicted molar refractivity (Wildman–Crippen MR) is 45.1 cm³/mol. The maximum atomic E-state index is 10.2. The first-order valence-corrected chi connectivity index (χ1v) is 4.33. The average molecular weight is 170 g/mol. The third kappa shape index (κ3) is 3.42. The van der Waals surface area contributed by atoms with Crippen LogP contribution in [0, 0.1) is 0 Å². The van der Waals surface area contributed by atoms with Crippen LogP contribution in [0.1, 0.15) is 32.1 Å². The van der Waals surface area contributed by atoms with Gasteiger partial charge < -0.3 is 9.84 Å². The van der Waals surface area contributed by atoms with Gasteiger partial charge in [-0.2, -0.15) is 0 Å². The molecule has 0 aromatic rings. The molecule has 0 aliphatic heterocycles. The number of carboxylic acid groups (broad SMARTS) is 1. The highest BCUT2D eigenvalue weighted by atomic mass is 16.7. The monoisotopic (exact) mass is 170 g/mol. The summed E-state index contributed by atoms with van der Waals surface area (Å²) in [6.07, 6.45) is 7.68. The lowest BCUT2D eigenvalue weighted by Gasteiger charge is -2.15. The zero-order valence-corrected chi connectivity index (χ0v) is 7.03. The summed E-state index contributed by atoms with van der Waals surface area (Å²) in [6.45, 7) is 0. The molecule has 0 saturated carbocycles. The fourth-order valence-electron chi connectivity index (χ4n) is 1.39. The van der Waals surface area contributed by atoms with Gasteiger partial charge in [-0.3, -0.25) is 0 Å². The zero-order chi connectivity index (χ0) is 8.81. The Bertz CT molecular complexity index is 175. The smallest absolute Gasteiger partial charge is 0.450 e. The Hall–Kier alpha value is -0.990. The van der Waals surface area contributed by atoms with Gasteiger partial charge in [-0.05, 0) is 32.1 Å². The van der Waals surface area contributed by atoms with Gasteiger partial charge in [-0.15, -0.1) is 0 Å². The van der Waals surface area contributed by atoms with E-state index in [9.17, 15) is 4.79 Å². The Labute approximate surface area is 72.0 Å². The van der Waals surface area contributed by atoms with Crippen LogP contribution in [0.5, 0.6) is 0 Å². The van der Waals surface area contributed by atoms with Crippen LogP contribution in [0.25, 0.3) is 0 Å². The molecule has 0 fully saturated rings. The molecule has 68 valence electrons. The average Bonchev–Trinajstić information content (AvgIpc) is 1.93. The molecular weight excluding hydrogens is 156 g/mol. The number of hydrogen-bond donors (Lipinski definition) is 1. The van der Waals surface area contributed by atoms with Crippen LogP contribution in [-0.2, 0) is 4.74 Å². The van der Waals surface area contributed by atoms with Crippen molar-refractivity contribution in [2.45, 2.75) is 38.2 Å². The maximum Gasteiger partial charge on any atom is 0.506 e. The van der Waals surface area contributed by atoms with Crippen molar-refractivity contribution >= 4 is 6.16 Å². The Kier molecular flexibility index (Phi) is 3.64. The van der Waals surface area contributed by atoms with Crippen LogP contribution in [0.4, 0.5) is 4.79 Å². The summed E-state index contributed by atoms with van der Waals surface area (Å²) in [7, 11) is 0. The van der Waals surface area contributed by atoms with Gasteiger partial charge in [0.05, 0.1) is 0 Å². The van der Waals surface area contributed by atoms with E-state index in [1.54, 1.807) is 0 Å². The topological polar surface area (TPSA) is 46.5 Å². The van der Waals surface area contributed by atoms with E-state index in [-0.39, 0.29) is 6.10 Å². The van der Waals surface area contributed by atoms with Crippen LogP contribution in [-0.4, -0.2) is 17.4 Å². The van der Waals surface area contributed by atoms with Crippen molar-refractivity contribution in [2.24, 2.45) is 0 Å². The second-order valence-corrected chi connectivity index (χ2v) is 2.99. The third-order valence-electron chi connectivity index (χ3n) is 1.99. The number of carbonyl (C=O) groups is 1. The molecule has 0 aromatic heterocycles.